The summed E-state index contributed by atoms with van der Waals surface area (Å²) in [4.78, 5) is 0. The molecule has 0 N–H and O–H groups in total. The molecule has 2 heterocycles. The number of hydrogen-bond donors (Lipinski definition) is 0. The zero-order chi connectivity index (χ0) is 8.39. The lowest BCUT2D eigenvalue weighted by atomic mass is 10.1. The molecule has 0 unspecified atom stereocenters. The molecule has 0 amide bonds. The van der Waals surface area contributed by atoms with Crippen LogP contribution in [0.25, 0.3) is 0 Å². The van der Waals surface area contributed by atoms with Crippen molar-refractivity contribution in [3.8, 4) is 0 Å². The molecule has 0 aliphatic carbocycles. The highest BCUT2D eigenvalue weighted by Crippen LogP contribution is 2.27. The normalized spacial score (nSPS) is 26.1. The standard InChI is InChI=1S/C9H15BrN2/c10-12-8-4-2-6-9-5-1-3-7-11(9)12/h5H,1-4,6-8H2. The smallest absolute Gasteiger partial charge is 0.0355 e. The maximum Gasteiger partial charge on any atom is 0.0355 e. The van der Waals surface area contributed by atoms with Crippen molar-refractivity contribution in [3.63, 3.8) is 0 Å². The average Bonchev–Trinajstić information content (AvgIpc) is 2.29. The van der Waals surface area contributed by atoms with Crippen LogP contribution in [0.1, 0.15) is 32.1 Å². The van der Waals surface area contributed by atoms with Crippen molar-refractivity contribution < 1.29 is 0 Å². The third-order valence-electron chi connectivity index (χ3n) is 2.57. The lowest BCUT2D eigenvalue weighted by Gasteiger charge is -2.34. The molecule has 3 heteroatoms. The van der Waals surface area contributed by atoms with Crippen LogP contribution < -0.4 is 0 Å². The van der Waals surface area contributed by atoms with Gasteiger partial charge in [0.25, 0.3) is 0 Å². The number of fused-ring (bicyclic) bond motifs is 1. The number of nitrogens with zero attached hydrogens (tertiary/aromatic N) is 2. The monoisotopic (exact) mass is 230 g/mol. The van der Waals surface area contributed by atoms with Gasteiger partial charge in [0.2, 0.25) is 0 Å². The Hall–Kier alpha value is -0.0200. The van der Waals surface area contributed by atoms with Crippen LogP contribution in [-0.4, -0.2) is 22.1 Å². The predicted molar refractivity (Wildman–Crippen MR) is 53.5 cm³/mol. The van der Waals surface area contributed by atoms with Gasteiger partial charge in [-0.25, -0.2) is 0 Å². The Balaban J connectivity index is 2.14. The fraction of sp³-hybridized carbons (Fsp3) is 0.778. The number of hydrazine groups is 1. The fourth-order valence-electron chi connectivity index (χ4n) is 1.91. The molecule has 2 aliphatic rings. The second-order valence-corrected chi connectivity index (χ2v) is 4.30. The number of hydrogen-bond acceptors (Lipinski definition) is 2. The highest BCUT2D eigenvalue weighted by Gasteiger charge is 2.20. The zero-order valence-electron chi connectivity index (χ0n) is 7.30. The Morgan fingerprint density at radius 3 is 3.00 bits per heavy atom. The van der Waals surface area contributed by atoms with Gasteiger partial charge >= 0.3 is 0 Å². The summed E-state index contributed by atoms with van der Waals surface area (Å²) in [5.41, 5.74) is 1.52. The average molecular weight is 231 g/mol. The van der Waals surface area contributed by atoms with Gasteiger partial charge in [-0.2, -0.15) is 4.03 Å². The first kappa shape index (κ1) is 8.57. The van der Waals surface area contributed by atoms with E-state index < -0.39 is 0 Å². The van der Waals surface area contributed by atoms with Gasteiger partial charge in [-0.1, -0.05) is 6.08 Å². The van der Waals surface area contributed by atoms with E-state index in [1.807, 2.05) is 0 Å². The van der Waals surface area contributed by atoms with E-state index in [-0.39, 0.29) is 0 Å². The summed E-state index contributed by atoms with van der Waals surface area (Å²) in [5, 5.41) is 2.39. The molecule has 0 saturated carbocycles. The number of rotatable bonds is 0. The third-order valence-corrected chi connectivity index (χ3v) is 3.31. The van der Waals surface area contributed by atoms with E-state index >= 15 is 0 Å². The van der Waals surface area contributed by atoms with Crippen molar-refractivity contribution >= 4 is 16.1 Å². The lowest BCUT2D eigenvalue weighted by Crippen LogP contribution is -2.36. The van der Waals surface area contributed by atoms with E-state index in [0.717, 1.165) is 6.54 Å². The molecule has 0 aromatic carbocycles. The van der Waals surface area contributed by atoms with Crippen LogP contribution in [-0.2, 0) is 0 Å². The minimum absolute atomic E-state index is 1.15. The Labute approximate surface area is 82.5 Å². The molecule has 0 atom stereocenters. The quantitative estimate of drug-likeness (QED) is 0.591. The minimum Gasteiger partial charge on any atom is -0.300 e. The molecule has 2 nitrogen and oxygen atoms in total. The molecule has 2 aliphatic heterocycles. The van der Waals surface area contributed by atoms with Crippen LogP contribution in [0.4, 0.5) is 0 Å². The Bertz CT molecular complexity index is 191. The predicted octanol–water partition coefficient (Wildman–Crippen LogP) is 2.68. The second kappa shape index (κ2) is 3.79. The van der Waals surface area contributed by atoms with Crippen LogP contribution in [0.3, 0.4) is 0 Å². The van der Waals surface area contributed by atoms with Crippen LogP contribution in [0.5, 0.6) is 0 Å². The highest BCUT2D eigenvalue weighted by molar-refractivity contribution is 9.07. The van der Waals surface area contributed by atoms with Crippen molar-refractivity contribution in [1.82, 2.24) is 9.04 Å². The fourth-order valence-corrected chi connectivity index (χ4v) is 2.52. The van der Waals surface area contributed by atoms with Crippen molar-refractivity contribution in [2.75, 3.05) is 13.1 Å². The van der Waals surface area contributed by atoms with E-state index in [2.05, 4.69) is 31.3 Å². The molecule has 12 heavy (non-hydrogen) atoms. The summed E-state index contributed by atoms with van der Waals surface area (Å²) in [5.74, 6) is 0. The molecule has 0 aromatic rings. The van der Waals surface area contributed by atoms with Crippen molar-refractivity contribution in [1.29, 1.82) is 0 Å². The van der Waals surface area contributed by atoms with Crippen LogP contribution in [0.15, 0.2) is 11.8 Å². The van der Waals surface area contributed by atoms with Gasteiger partial charge in [0.15, 0.2) is 0 Å². The van der Waals surface area contributed by atoms with Crippen LogP contribution >= 0.6 is 16.1 Å². The molecular formula is C9H15BrN2. The summed E-state index contributed by atoms with van der Waals surface area (Å²) in [6.45, 7) is 2.34. The molecule has 0 aromatic heterocycles. The zero-order valence-corrected chi connectivity index (χ0v) is 8.89. The summed E-state index contributed by atoms with van der Waals surface area (Å²) < 4.78 is 2.20. The molecule has 0 spiro atoms. The maximum atomic E-state index is 3.60. The van der Waals surface area contributed by atoms with E-state index in [0.29, 0.717) is 0 Å². The van der Waals surface area contributed by atoms with Crippen LogP contribution in [0.2, 0.25) is 0 Å². The van der Waals surface area contributed by atoms with Gasteiger partial charge in [-0.05, 0) is 32.1 Å². The summed E-state index contributed by atoms with van der Waals surface area (Å²) in [6.07, 6.45) is 8.87. The largest absolute Gasteiger partial charge is 0.300 e. The lowest BCUT2D eigenvalue weighted by molar-refractivity contribution is 0.122. The molecule has 2 rings (SSSR count). The van der Waals surface area contributed by atoms with Crippen molar-refractivity contribution in [2.45, 2.75) is 32.1 Å². The molecule has 1 fully saturated rings. The summed E-state index contributed by atoms with van der Waals surface area (Å²) in [6, 6.07) is 0. The van der Waals surface area contributed by atoms with Crippen molar-refractivity contribution in [3.05, 3.63) is 11.8 Å². The first-order valence-corrected chi connectivity index (χ1v) is 5.48. The van der Waals surface area contributed by atoms with Crippen molar-refractivity contribution in [2.24, 2.45) is 0 Å². The number of halogens is 1. The molecule has 68 valence electrons. The first-order chi connectivity index (χ1) is 5.88. The topological polar surface area (TPSA) is 6.48 Å². The van der Waals surface area contributed by atoms with Gasteiger partial charge in [0.05, 0.1) is 0 Å². The van der Waals surface area contributed by atoms with E-state index in [4.69, 9.17) is 0 Å². The molecule has 0 radical (unpaired) electrons. The van der Waals surface area contributed by atoms with Gasteiger partial charge in [-0.3, -0.25) is 0 Å². The van der Waals surface area contributed by atoms with Gasteiger partial charge in [-0.15, -0.1) is 0 Å². The van der Waals surface area contributed by atoms with Crippen LogP contribution in [0, 0.1) is 0 Å². The van der Waals surface area contributed by atoms with Gasteiger partial charge in [0, 0.05) is 34.9 Å². The second-order valence-electron chi connectivity index (χ2n) is 3.48. The van der Waals surface area contributed by atoms with E-state index in [1.165, 1.54) is 44.3 Å². The summed E-state index contributed by atoms with van der Waals surface area (Å²) in [7, 11) is 0. The Morgan fingerprint density at radius 1 is 1.17 bits per heavy atom. The number of allylic oxidation sites excluding steroid dienone is 2. The van der Waals surface area contributed by atoms with E-state index in [1.54, 1.807) is 0 Å². The third kappa shape index (κ3) is 1.67. The Morgan fingerprint density at radius 2 is 2.08 bits per heavy atom. The minimum atomic E-state index is 1.15. The first-order valence-electron chi connectivity index (χ1n) is 4.78. The van der Waals surface area contributed by atoms with Gasteiger partial charge in [0.1, 0.15) is 0 Å². The SMILES string of the molecule is BrN1CCCCC2=CCCCN21. The van der Waals surface area contributed by atoms with E-state index in [9.17, 15) is 0 Å². The Kier molecular flexibility index (Phi) is 2.71. The van der Waals surface area contributed by atoms with Gasteiger partial charge < -0.3 is 5.01 Å². The summed E-state index contributed by atoms with van der Waals surface area (Å²) >= 11 is 3.60. The maximum absolute atomic E-state index is 3.60. The highest BCUT2D eigenvalue weighted by atomic mass is 79.9. The molecular weight excluding hydrogens is 216 g/mol. The molecule has 1 saturated heterocycles. The molecule has 0 bridgehead atoms.